The Labute approximate surface area is 102 Å². The summed E-state index contributed by atoms with van der Waals surface area (Å²) in [7, 11) is 0. The first-order valence-corrected chi connectivity index (χ1v) is 6.12. The maximum atomic E-state index is 11.3. The molecule has 15 heavy (non-hydrogen) atoms. The molecular formula is C11H11BrClNO. The van der Waals surface area contributed by atoms with E-state index >= 15 is 0 Å². The largest absolute Gasteiger partial charge is 0.346 e. The van der Waals surface area contributed by atoms with Crippen LogP contribution >= 0.6 is 27.5 Å². The standard InChI is InChI=1S/C11H11BrClNO/c12-9-3-1-2-8(6-9)11(4-5-11)14-10(15)7-13/h1-3,6H,4-5,7H2,(H,14,15). The maximum Gasteiger partial charge on any atom is 0.235 e. The van der Waals surface area contributed by atoms with Gasteiger partial charge in [0.25, 0.3) is 0 Å². The Morgan fingerprint density at radius 3 is 2.80 bits per heavy atom. The summed E-state index contributed by atoms with van der Waals surface area (Å²) in [5.41, 5.74) is 0.991. The van der Waals surface area contributed by atoms with Gasteiger partial charge in [0, 0.05) is 4.47 Å². The minimum absolute atomic E-state index is 0.0236. The van der Waals surface area contributed by atoms with Crippen molar-refractivity contribution in [1.82, 2.24) is 5.32 Å². The lowest BCUT2D eigenvalue weighted by Crippen LogP contribution is -2.35. The van der Waals surface area contributed by atoms with Crippen molar-refractivity contribution in [3.05, 3.63) is 34.3 Å². The molecule has 4 heteroatoms. The second-order valence-electron chi connectivity index (χ2n) is 3.77. The van der Waals surface area contributed by atoms with Gasteiger partial charge in [-0.25, -0.2) is 0 Å². The first-order chi connectivity index (χ1) is 7.16. The van der Waals surface area contributed by atoms with Crippen LogP contribution in [0, 0.1) is 0 Å². The molecule has 0 bridgehead atoms. The van der Waals surface area contributed by atoms with Crippen LogP contribution in [0.15, 0.2) is 28.7 Å². The molecule has 0 saturated heterocycles. The van der Waals surface area contributed by atoms with Gasteiger partial charge in [-0.15, -0.1) is 11.6 Å². The monoisotopic (exact) mass is 287 g/mol. The van der Waals surface area contributed by atoms with E-state index in [1.807, 2.05) is 24.3 Å². The van der Waals surface area contributed by atoms with Gasteiger partial charge in [-0.05, 0) is 30.5 Å². The Morgan fingerprint density at radius 2 is 2.27 bits per heavy atom. The third-order valence-corrected chi connectivity index (χ3v) is 3.36. The Bertz CT molecular complexity index is 390. The van der Waals surface area contributed by atoms with Crippen molar-refractivity contribution < 1.29 is 4.79 Å². The third-order valence-electron chi connectivity index (χ3n) is 2.63. The van der Waals surface area contributed by atoms with E-state index in [-0.39, 0.29) is 17.3 Å². The highest BCUT2D eigenvalue weighted by atomic mass is 79.9. The van der Waals surface area contributed by atoms with Crippen LogP contribution in [0.4, 0.5) is 0 Å². The maximum absolute atomic E-state index is 11.3. The van der Waals surface area contributed by atoms with Crippen LogP contribution < -0.4 is 5.32 Å². The summed E-state index contributed by atoms with van der Waals surface area (Å²) >= 11 is 8.91. The van der Waals surface area contributed by atoms with Gasteiger partial charge in [0.2, 0.25) is 5.91 Å². The Morgan fingerprint density at radius 1 is 1.53 bits per heavy atom. The van der Waals surface area contributed by atoms with E-state index < -0.39 is 0 Å². The molecule has 1 N–H and O–H groups in total. The summed E-state index contributed by atoms with van der Waals surface area (Å²) in [4.78, 5) is 11.3. The van der Waals surface area contributed by atoms with Crippen LogP contribution in [0.3, 0.4) is 0 Å². The minimum atomic E-state index is -0.157. The van der Waals surface area contributed by atoms with E-state index in [4.69, 9.17) is 11.6 Å². The number of carbonyl (C=O) groups excluding carboxylic acids is 1. The SMILES string of the molecule is O=C(CCl)NC1(c2cccc(Br)c2)CC1. The van der Waals surface area contributed by atoms with Crippen LogP contribution in [0.5, 0.6) is 0 Å². The molecule has 0 aliphatic heterocycles. The number of amides is 1. The lowest BCUT2D eigenvalue weighted by atomic mass is 10.1. The summed E-state index contributed by atoms with van der Waals surface area (Å²) in [6.45, 7) is 0. The molecule has 0 heterocycles. The van der Waals surface area contributed by atoms with Crippen LogP contribution in [0.2, 0.25) is 0 Å². The Hall–Kier alpha value is -0.540. The molecule has 1 saturated carbocycles. The quantitative estimate of drug-likeness (QED) is 0.852. The highest BCUT2D eigenvalue weighted by molar-refractivity contribution is 9.10. The van der Waals surface area contributed by atoms with E-state index in [1.54, 1.807) is 0 Å². The molecule has 1 aromatic rings. The fourth-order valence-electron chi connectivity index (χ4n) is 1.70. The van der Waals surface area contributed by atoms with Crippen molar-refractivity contribution in [2.75, 3.05) is 5.88 Å². The van der Waals surface area contributed by atoms with E-state index in [2.05, 4.69) is 21.2 Å². The van der Waals surface area contributed by atoms with Gasteiger partial charge in [0.05, 0.1) is 5.54 Å². The molecule has 80 valence electrons. The van der Waals surface area contributed by atoms with Crippen molar-refractivity contribution in [2.24, 2.45) is 0 Å². The lowest BCUT2D eigenvalue weighted by Gasteiger charge is -2.17. The molecule has 0 aromatic heterocycles. The Balaban J connectivity index is 2.19. The summed E-state index contributed by atoms with van der Waals surface area (Å²) < 4.78 is 1.03. The number of benzene rings is 1. The molecule has 0 atom stereocenters. The summed E-state index contributed by atoms with van der Waals surface area (Å²) in [5.74, 6) is -0.0791. The fourth-order valence-corrected chi connectivity index (χ4v) is 2.16. The number of alkyl halides is 1. The van der Waals surface area contributed by atoms with Crippen LogP contribution in [-0.2, 0) is 10.3 Å². The van der Waals surface area contributed by atoms with Crippen molar-refractivity contribution in [1.29, 1.82) is 0 Å². The van der Waals surface area contributed by atoms with Crippen molar-refractivity contribution in [2.45, 2.75) is 18.4 Å². The zero-order chi connectivity index (χ0) is 10.9. The van der Waals surface area contributed by atoms with Crippen molar-refractivity contribution in [3.8, 4) is 0 Å². The van der Waals surface area contributed by atoms with E-state index in [0.717, 1.165) is 22.9 Å². The summed E-state index contributed by atoms with van der Waals surface area (Å²) in [6.07, 6.45) is 1.98. The molecule has 1 aliphatic rings. The van der Waals surface area contributed by atoms with Crippen molar-refractivity contribution in [3.63, 3.8) is 0 Å². The normalized spacial score (nSPS) is 17.2. The molecule has 0 radical (unpaired) electrons. The molecule has 0 unspecified atom stereocenters. The average molecular weight is 289 g/mol. The number of nitrogens with one attached hydrogen (secondary N) is 1. The van der Waals surface area contributed by atoms with Gasteiger partial charge in [-0.2, -0.15) is 0 Å². The summed E-state index contributed by atoms with van der Waals surface area (Å²) in [6, 6.07) is 8.03. The molecule has 0 spiro atoms. The minimum Gasteiger partial charge on any atom is -0.346 e. The average Bonchev–Trinajstić information content (AvgIpc) is 2.99. The lowest BCUT2D eigenvalue weighted by molar-refractivity contribution is -0.119. The van der Waals surface area contributed by atoms with E-state index in [9.17, 15) is 4.79 Å². The third kappa shape index (κ3) is 2.34. The fraction of sp³-hybridized carbons (Fsp3) is 0.364. The topological polar surface area (TPSA) is 29.1 Å². The first-order valence-electron chi connectivity index (χ1n) is 4.79. The highest BCUT2D eigenvalue weighted by Crippen LogP contribution is 2.45. The van der Waals surface area contributed by atoms with Gasteiger partial charge in [-0.1, -0.05) is 28.1 Å². The number of hydrogen-bond acceptors (Lipinski definition) is 1. The van der Waals surface area contributed by atoms with E-state index in [1.165, 1.54) is 0 Å². The number of rotatable bonds is 3. The Kier molecular flexibility index (Phi) is 3.03. The molecule has 1 aromatic carbocycles. The number of halogens is 2. The predicted octanol–water partition coefficient (Wildman–Crippen LogP) is 2.79. The van der Waals surface area contributed by atoms with Crippen LogP contribution in [0.1, 0.15) is 18.4 Å². The van der Waals surface area contributed by atoms with E-state index in [0.29, 0.717) is 0 Å². The molecule has 1 fully saturated rings. The molecule has 2 nitrogen and oxygen atoms in total. The zero-order valence-electron chi connectivity index (χ0n) is 8.09. The predicted molar refractivity (Wildman–Crippen MR) is 63.9 cm³/mol. The second-order valence-corrected chi connectivity index (χ2v) is 4.96. The summed E-state index contributed by atoms with van der Waals surface area (Å²) in [5, 5.41) is 2.97. The van der Waals surface area contributed by atoms with Gasteiger partial charge >= 0.3 is 0 Å². The van der Waals surface area contributed by atoms with Crippen LogP contribution in [0.25, 0.3) is 0 Å². The number of hydrogen-bond donors (Lipinski definition) is 1. The molecule has 1 aliphatic carbocycles. The van der Waals surface area contributed by atoms with Gasteiger partial charge in [0.1, 0.15) is 5.88 Å². The van der Waals surface area contributed by atoms with Crippen molar-refractivity contribution >= 4 is 33.4 Å². The first kappa shape index (κ1) is 11.0. The van der Waals surface area contributed by atoms with Gasteiger partial charge < -0.3 is 5.32 Å². The molecule has 2 rings (SSSR count). The highest BCUT2D eigenvalue weighted by Gasteiger charge is 2.45. The zero-order valence-corrected chi connectivity index (χ0v) is 10.4. The van der Waals surface area contributed by atoms with Gasteiger partial charge in [-0.3, -0.25) is 4.79 Å². The second kappa shape index (κ2) is 4.14. The molecule has 1 amide bonds. The smallest absolute Gasteiger partial charge is 0.235 e. The number of carbonyl (C=O) groups is 1. The van der Waals surface area contributed by atoms with Crippen LogP contribution in [-0.4, -0.2) is 11.8 Å². The molecular weight excluding hydrogens is 277 g/mol. The van der Waals surface area contributed by atoms with Gasteiger partial charge in [0.15, 0.2) is 0 Å².